The summed E-state index contributed by atoms with van der Waals surface area (Å²) in [6, 6.07) is 11.2. The summed E-state index contributed by atoms with van der Waals surface area (Å²) in [7, 11) is 0. The molecular formula is C23H25BrN2O3. The molecule has 0 unspecified atom stereocenters. The summed E-state index contributed by atoms with van der Waals surface area (Å²) in [5.41, 5.74) is 3.38. The van der Waals surface area contributed by atoms with Crippen LogP contribution >= 0.6 is 15.9 Å². The van der Waals surface area contributed by atoms with Gasteiger partial charge in [0.25, 0.3) is 5.91 Å². The van der Waals surface area contributed by atoms with Crippen LogP contribution in [0.2, 0.25) is 0 Å². The third kappa shape index (κ3) is 5.85. The topological polar surface area (TPSA) is 71.3 Å². The van der Waals surface area contributed by atoms with E-state index in [1.54, 1.807) is 12.1 Å². The van der Waals surface area contributed by atoms with E-state index in [0.717, 1.165) is 11.1 Å². The van der Waals surface area contributed by atoms with Crippen LogP contribution in [0, 0.1) is 25.2 Å². The monoisotopic (exact) mass is 456 g/mol. The average molecular weight is 457 g/mol. The highest BCUT2D eigenvalue weighted by Crippen LogP contribution is 2.38. The summed E-state index contributed by atoms with van der Waals surface area (Å²) < 4.78 is 12.2. The molecule has 0 bridgehead atoms. The van der Waals surface area contributed by atoms with Gasteiger partial charge in [-0.05, 0) is 91.5 Å². The number of benzene rings is 2. The van der Waals surface area contributed by atoms with Gasteiger partial charge in [0.15, 0.2) is 11.5 Å². The van der Waals surface area contributed by atoms with Crippen molar-refractivity contribution in [2.45, 2.75) is 40.7 Å². The van der Waals surface area contributed by atoms with E-state index in [-0.39, 0.29) is 11.7 Å². The lowest BCUT2D eigenvalue weighted by Crippen LogP contribution is -2.14. The summed E-state index contributed by atoms with van der Waals surface area (Å²) in [5.74, 6) is 0.684. The van der Waals surface area contributed by atoms with E-state index in [0.29, 0.717) is 33.8 Å². The van der Waals surface area contributed by atoms with Crippen molar-refractivity contribution in [3.05, 3.63) is 57.1 Å². The van der Waals surface area contributed by atoms with Crippen molar-refractivity contribution in [1.82, 2.24) is 0 Å². The van der Waals surface area contributed by atoms with Crippen molar-refractivity contribution in [2.75, 3.05) is 11.9 Å². The zero-order valence-electron chi connectivity index (χ0n) is 17.3. The van der Waals surface area contributed by atoms with Crippen LogP contribution in [-0.2, 0) is 4.79 Å². The SMILES string of the molecule is CCOc1cc(/C=C(\C#N)C(=O)Nc2cccc(C)c2C)cc(Br)c1OC(C)C. The van der Waals surface area contributed by atoms with Crippen LogP contribution in [0.5, 0.6) is 11.5 Å². The standard InChI is InChI=1S/C23H25BrN2O3/c1-6-28-21-12-17(11-19(24)22(21)29-14(2)3)10-18(13-25)23(27)26-20-9-7-8-15(4)16(20)5/h7-12,14H,6H2,1-5H3,(H,26,27)/b18-10+. The van der Waals surface area contributed by atoms with E-state index in [1.165, 1.54) is 6.08 Å². The van der Waals surface area contributed by atoms with Crippen LogP contribution in [0.15, 0.2) is 40.4 Å². The minimum atomic E-state index is -0.460. The van der Waals surface area contributed by atoms with E-state index in [9.17, 15) is 10.1 Å². The van der Waals surface area contributed by atoms with Crippen LogP contribution in [0.3, 0.4) is 0 Å². The van der Waals surface area contributed by atoms with Crippen LogP contribution < -0.4 is 14.8 Å². The van der Waals surface area contributed by atoms with Gasteiger partial charge in [-0.3, -0.25) is 4.79 Å². The molecule has 0 aliphatic rings. The molecule has 0 aliphatic heterocycles. The third-order valence-corrected chi connectivity index (χ3v) is 4.80. The van der Waals surface area contributed by atoms with Gasteiger partial charge in [-0.25, -0.2) is 0 Å². The molecular weight excluding hydrogens is 432 g/mol. The Labute approximate surface area is 180 Å². The van der Waals surface area contributed by atoms with E-state index in [2.05, 4.69) is 21.2 Å². The van der Waals surface area contributed by atoms with Crippen molar-refractivity contribution >= 4 is 33.6 Å². The number of nitriles is 1. The Morgan fingerprint density at radius 2 is 2.03 bits per heavy atom. The summed E-state index contributed by atoms with van der Waals surface area (Å²) in [5, 5.41) is 12.3. The number of halogens is 1. The second kappa shape index (κ2) is 10.1. The maximum absolute atomic E-state index is 12.6. The molecule has 0 fully saturated rings. The van der Waals surface area contributed by atoms with Gasteiger partial charge >= 0.3 is 0 Å². The number of rotatable bonds is 7. The number of carbonyl (C=O) groups is 1. The fourth-order valence-electron chi connectivity index (χ4n) is 2.68. The Morgan fingerprint density at radius 3 is 2.66 bits per heavy atom. The second-order valence-corrected chi connectivity index (χ2v) is 7.66. The minimum Gasteiger partial charge on any atom is -0.490 e. The Bertz CT molecular complexity index is 975. The molecule has 0 aliphatic carbocycles. The van der Waals surface area contributed by atoms with Crippen LogP contribution in [-0.4, -0.2) is 18.6 Å². The summed E-state index contributed by atoms with van der Waals surface area (Å²) in [6.45, 7) is 10.1. The van der Waals surface area contributed by atoms with Gasteiger partial charge in [0, 0.05) is 5.69 Å². The molecule has 0 heterocycles. The van der Waals surface area contributed by atoms with E-state index in [1.807, 2.05) is 58.9 Å². The molecule has 2 rings (SSSR count). The predicted octanol–water partition coefficient (Wildman–Crippen LogP) is 5.80. The summed E-state index contributed by atoms with van der Waals surface area (Å²) in [6.07, 6.45) is 1.51. The number of hydrogen-bond acceptors (Lipinski definition) is 4. The number of aryl methyl sites for hydroxylation is 1. The number of carbonyl (C=O) groups excluding carboxylic acids is 1. The van der Waals surface area contributed by atoms with E-state index < -0.39 is 5.91 Å². The smallest absolute Gasteiger partial charge is 0.266 e. The highest BCUT2D eigenvalue weighted by molar-refractivity contribution is 9.10. The lowest BCUT2D eigenvalue weighted by Gasteiger charge is -2.17. The number of hydrogen-bond donors (Lipinski definition) is 1. The molecule has 0 aromatic heterocycles. The van der Waals surface area contributed by atoms with Gasteiger partial charge < -0.3 is 14.8 Å². The summed E-state index contributed by atoms with van der Waals surface area (Å²) in [4.78, 5) is 12.6. The van der Waals surface area contributed by atoms with Crippen LogP contribution in [0.25, 0.3) is 6.08 Å². The quantitative estimate of drug-likeness (QED) is 0.422. The van der Waals surface area contributed by atoms with Crippen molar-refractivity contribution in [3.8, 4) is 17.6 Å². The van der Waals surface area contributed by atoms with E-state index in [4.69, 9.17) is 9.47 Å². The first-order valence-corrected chi connectivity index (χ1v) is 10.2. The molecule has 29 heavy (non-hydrogen) atoms. The van der Waals surface area contributed by atoms with Crippen LogP contribution in [0.4, 0.5) is 5.69 Å². The Balaban J connectivity index is 2.37. The first-order chi connectivity index (χ1) is 13.8. The maximum Gasteiger partial charge on any atom is 0.266 e. The molecule has 152 valence electrons. The maximum atomic E-state index is 12.6. The zero-order chi connectivity index (χ0) is 21.6. The highest BCUT2D eigenvalue weighted by atomic mass is 79.9. The molecule has 1 N–H and O–H groups in total. The Kier molecular flexibility index (Phi) is 7.86. The Morgan fingerprint density at radius 1 is 1.31 bits per heavy atom. The van der Waals surface area contributed by atoms with E-state index >= 15 is 0 Å². The van der Waals surface area contributed by atoms with Gasteiger partial charge in [-0.1, -0.05) is 12.1 Å². The fraction of sp³-hybridized carbons (Fsp3) is 0.304. The lowest BCUT2D eigenvalue weighted by molar-refractivity contribution is -0.112. The molecule has 2 aromatic carbocycles. The largest absolute Gasteiger partial charge is 0.490 e. The number of amides is 1. The summed E-state index contributed by atoms with van der Waals surface area (Å²) >= 11 is 3.50. The van der Waals surface area contributed by atoms with Crippen molar-refractivity contribution in [3.63, 3.8) is 0 Å². The highest BCUT2D eigenvalue weighted by Gasteiger charge is 2.16. The molecule has 6 heteroatoms. The van der Waals surface area contributed by atoms with Gasteiger partial charge in [-0.2, -0.15) is 5.26 Å². The Hall–Kier alpha value is -2.78. The molecule has 5 nitrogen and oxygen atoms in total. The predicted molar refractivity (Wildman–Crippen MR) is 119 cm³/mol. The first kappa shape index (κ1) is 22.5. The molecule has 0 saturated heterocycles. The van der Waals surface area contributed by atoms with Gasteiger partial charge in [-0.15, -0.1) is 0 Å². The van der Waals surface area contributed by atoms with Crippen LogP contribution in [0.1, 0.15) is 37.5 Å². The molecule has 2 aromatic rings. The average Bonchev–Trinajstić information content (AvgIpc) is 2.66. The first-order valence-electron chi connectivity index (χ1n) is 9.39. The molecule has 0 atom stereocenters. The van der Waals surface area contributed by atoms with Gasteiger partial charge in [0.05, 0.1) is 17.2 Å². The van der Waals surface area contributed by atoms with Gasteiger partial charge in [0.1, 0.15) is 11.6 Å². The van der Waals surface area contributed by atoms with Gasteiger partial charge in [0.2, 0.25) is 0 Å². The third-order valence-electron chi connectivity index (χ3n) is 4.21. The number of nitrogens with one attached hydrogen (secondary N) is 1. The fourth-order valence-corrected chi connectivity index (χ4v) is 3.23. The lowest BCUT2D eigenvalue weighted by atomic mass is 10.1. The normalized spacial score (nSPS) is 11.2. The second-order valence-electron chi connectivity index (χ2n) is 6.80. The van der Waals surface area contributed by atoms with Crippen molar-refractivity contribution < 1.29 is 14.3 Å². The minimum absolute atomic E-state index is 0.00205. The van der Waals surface area contributed by atoms with Crippen molar-refractivity contribution in [2.24, 2.45) is 0 Å². The molecule has 0 spiro atoms. The number of anilines is 1. The molecule has 1 amide bonds. The molecule has 0 radical (unpaired) electrons. The number of ether oxygens (including phenoxy) is 2. The van der Waals surface area contributed by atoms with Crippen molar-refractivity contribution in [1.29, 1.82) is 5.26 Å². The molecule has 0 saturated carbocycles. The number of nitrogens with zero attached hydrogens (tertiary/aromatic N) is 1. The zero-order valence-corrected chi connectivity index (χ0v) is 18.9.